The van der Waals surface area contributed by atoms with Gasteiger partial charge in [0, 0.05) is 5.02 Å². The second-order valence-corrected chi connectivity index (χ2v) is 4.42. The minimum atomic E-state index is -4.66. The van der Waals surface area contributed by atoms with Crippen molar-refractivity contribution in [2.75, 3.05) is 0 Å². The van der Waals surface area contributed by atoms with Gasteiger partial charge in [-0.3, -0.25) is 4.79 Å². The lowest BCUT2D eigenvalue weighted by molar-refractivity contribution is -0.142. The first-order valence-corrected chi connectivity index (χ1v) is 5.66. The van der Waals surface area contributed by atoms with Crippen molar-refractivity contribution in [1.82, 2.24) is 9.78 Å². The van der Waals surface area contributed by atoms with Gasteiger partial charge in [0.25, 0.3) is 0 Å². The smallest absolute Gasteiger partial charge is 0.296 e. The Kier molecular flexibility index (Phi) is 3.56. The first kappa shape index (κ1) is 13.9. The number of rotatable bonds is 2. The van der Waals surface area contributed by atoms with Gasteiger partial charge in [-0.1, -0.05) is 23.2 Å². The normalized spacial score (nSPS) is 11.6. The Morgan fingerprint density at radius 1 is 1.21 bits per heavy atom. The van der Waals surface area contributed by atoms with Gasteiger partial charge in [-0.05, 0) is 24.3 Å². The topological polar surface area (TPSA) is 34.9 Å². The molecule has 0 bridgehead atoms. The van der Waals surface area contributed by atoms with Crippen molar-refractivity contribution >= 4 is 29.5 Å². The molecule has 0 spiro atoms. The molecule has 0 N–H and O–H groups in total. The number of carbonyl (C=O) groups is 1. The fraction of sp³-hybridized carbons (Fsp3) is 0.0909. The van der Waals surface area contributed by atoms with E-state index in [1.165, 1.54) is 18.2 Å². The third-order valence-electron chi connectivity index (χ3n) is 2.28. The average Bonchev–Trinajstić information content (AvgIpc) is 2.72. The Morgan fingerprint density at radius 2 is 1.89 bits per heavy atom. The highest BCUT2D eigenvalue weighted by Crippen LogP contribution is 2.33. The molecule has 3 nitrogen and oxygen atoms in total. The summed E-state index contributed by atoms with van der Waals surface area (Å²) in [6.07, 6.45) is -4.42. The van der Waals surface area contributed by atoms with Crippen molar-refractivity contribution in [2.45, 2.75) is 6.18 Å². The molecule has 0 radical (unpaired) electrons. The van der Waals surface area contributed by atoms with Crippen molar-refractivity contribution in [1.29, 1.82) is 0 Å². The van der Waals surface area contributed by atoms with Crippen molar-refractivity contribution in [3.05, 3.63) is 45.7 Å². The van der Waals surface area contributed by atoms with Crippen LogP contribution in [0.25, 0.3) is 5.69 Å². The number of nitrogens with zero attached hydrogens (tertiary/aromatic N) is 2. The van der Waals surface area contributed by atoms with Crippen LogP contribution in [0.3, 0.4) is 0 Å². The second-order valence-electron chi connectivity index (χ2n) is 3.58. The van der Waals surface area contributed by atoms with Crippen LogP contribution >= 0.6 is 23.2 Å². The highest BCUT2D eigenvalue weighted by Gasteiger charge is 2.36. The summed E-state index contributed by atoms with van der Waals surface area (Å²) in [5, 5.41) is 3.84. The van der Waals surface area contributed by atoms with Crippen LogP contribution < -0.4 is 0 Å². The van der Waals surface area contributed by atoms with Crippen molar-refractivity contribution in [3.63, 3.8) is 0 Å². The van der Waals surface area contributed by atoms with E-state index in [9.17, 15) is 18.0 Å². The fourth-order valence-electron chi connectivity index (χ4n) is 1.50. The Morgan fingerprint density at radius 3 is 2.42 bits per heavy atom. The number of aromatic nitrogens is 2. The predicted octanol–water partition coefficient (Wildman–Crippen LogP) is 4.01. The zero-order chi connectivity index (χ0) is 14.2. The van der Waals surface area contributed by atoms with E-state index < -0.39 is 11.9 Å². The number of hydrogen-bond acceptors (Lipinski definition) is 2. The molecule has 0 amide bonds. The van der Waals surface area contributed by atoms with Gasteiger partial charge in [0.15, 0.2) is 6.29 Å². The molecule has 100 valence electrons. The Bertz CT molecular complexity index is 637. The largest absolute Gasteiger partial charge is 0.433 e. The first-order chi connectivity index (χ1) is 8.82. The molecule has 19 heavy (non-hydrogen) atoms. The van der Waals surface area contributed by atoms with Crippen LogP contribution in [-0.2, 0) is 6.18 Å². The zero-order valence-corrected chi connectivity index (χ0v) is 10.6. The molecule has 0 fully saturated rings. The van der Waals surface area contributed by atoms with E-state index in [4.69, 9.17) is 23.2 Å². The van der Waals surface area contributed by atoms with Crippen LogP contribution in [-0.4, -0.2) is 16.1 Å². The molecule has 8 heteroatoms. The molecule has 2 rings (SSSR count). The maximum absolute atomic E-state index is 12.8. The van der Waals surface area contributed by atoms with Gasteiger partial charge in [0.1, 0.15) is 11.4 Å². The summed E-state index contributed by atoms with van der Waals surface area (Å²) in [4.78, 5) is 10.6. The number of carbonyl (C=O) groups excluding carboxylic acids is 1. The van der Waals surface area contributed by atoms with Crippen LogP contribution in [0, 0.1) is 0 Å². The van der Waals surface area contributed by atoms with E-state index in [-0.39, 0.29) is 27.7 Å². The van der Waals surface area contributed by atoms with E-state index in [1.54, 1.807) is 0 Å². The predicted molar refractivity (Wildman–Crippen MR) is 64.0 cm³/mol. The van der Waals surface area contributed by atoms with Gasteiger partial charge in [-0.25, -0.2) is 4.68 Å². The maximum Gasteiger partial charge on any atom is 0.433 e. The number of benzene rings is 1. The second kappa shape index (κ2) is 4.86. The number of aldehydes is 1. The van der Waals surface area contributed by atoms with Crippen LogP contribution in [0.2, 0.25) is 10.0 Å². The third kappa shape index (κ3) is 2.74. The molecule has 1 aromatic carbocycles. The van der Waals surface area contributed by atoms with Gasteiger partial charge in [-0.2, -0.15) is 18.3 Å². The summed E-state index contributed by atoms with van der Waals surface area (Å²) < 4.78 is 39.1. The summed E-state index contributed by atoms with van der Waals surface area (Å²) in [5.74, 6) is 0. The van der Waals surface area contributed by atoms with E-state index >= 15 is 0 Å². The van der Waals surface area contributed by atoms with E-state index in [2.05, 4.69) is 5.10 Å². The first-order valence-electron chi connectivity index (χ1n) is 4.91. The molecule has 0 unspecified atom stereocenters. The molecule has 0 atom stereocenters. The van der Waals surface area contributed by atoms with E-state index in [0.29, 0.717) is 10.7 Å². The molecule has 0 aliphatic rings. The third-order valence-corrected chi connectivity index (χ3v) is 2.82. The van der Waals surface area contributed by atoms with Crippen molar-refractivity contribution in [2.24, 2.45) is 0 Å². The molecule has 2 aromatic rings. The molecule has 0 saturated carbocycles. The molecule has 0 aliphatic carbocycles. The fourth-order valence-corrected chi connectivity index (χ4v) is 1.98. The van der Waals surface area contributed by atoms with Crippen molar-refractivity contribution in [3.8, 4) is 5.69 Å². The molecule has 1 heterocycles. The van der Waals surface area contributed by atoms with Gasteiger partial charge in [0.2, 0.25) is 0 Å². The molecular formula is C11H5Cl2F3N2O. The minimum absolute atomic E-state index is 0.00134. The molecule has 0 aliphatic heterocycles. The lowest BCUT2D eigenvalue weighted by Crippen LogP contribution is -2.13. The lowest BCUT2D eigenvalue weighted by atomic mass is 10.3. The van der Waals surface area contributed by atoms with E-state index in [0.717, 1.165) is 0 Å². The van der Waals surface area contributed by atoms with Crippen LogP contribution in [0.1, 0.15) is 16.2 Å². The van der Waals surface area contributed by atoms with Crippen LogP contribution in [0.15, 0.2) is 24.3 Å². The summed E-state index contributed by atoms with van der Waals surface area (Å²) in [7, 11) is 0. The van der Waals surface area contributed by atoms with E-state index in [1.807, 2.05) is 0 Å². The average molecular weight is 309 g/mol. The number of alkyl halides is 3. The molecular weight excluding hydrogens is 304 g/mol. The Hall–Kier alpha value is -1.53. The van der Waals surface area contributed by atoms with Gasteiger partial charge in [0.05, 0.1) is 10.7 Å². The highest BCUT2D eigenvalue weighted by molar-refractivity contribution is 6.35. The molecule has 0 saturated heterocycles. The van der Waals surface area contributed by atoms with Gasteiger partial charge >= 0.3 is 6.18 Å². The Labute approximate surface area is 115 Å². The van der Waals surface area contributed by atoms with Gasteiger partial charge < -0.3 is 0 Å². The summed E-state index contributed by atoms with van der Waals surface area (Å²) >= 11 is 11.5. The summed E-state index contributed by atoms with van der Waals surface area (Å²) in [6.45, 7) is 0. The lowest BCUT2D eigenvalue weighted by Gasteiger charge is -2.11. The quantitative estimate of drug-likeness (QED) is 0.786. The number of hydrogen-bond donors (Lipinski definition) is 0. The Balaban J connectivity index is 2.67. The van der Waals surface area contributed by atoms with Crippen molar-refractivity contribution < 1.29 is 18.0 Å². The summed E-state index contributed by atoms with van der Waals surface area (Å²) in [6, 6.07) is 4.62. The molecule has 1 aromatic heterocycles. The SMILES string of the molecule is O=Cc1cc(C(F)(F)F)n(-c2ccc(Cl)cc2Cl)n1. The van der Waals surface area contributed by atoms with Crippen LogP contribution in [0.5, 0.6) is 0 Å². The van der Waals surface area contributed by atoms with Gasteiger partial charge in [-0.15, -0.1) is 0 Å². The highest BCUT2D eigenvalue weighted by atomic mass is 35.5. The number of halogens is 5. The minimum Gasteiger partial charge on any atom is -0.296 e. The maximum atomic E-state index is 12.8. The standard InChI is InChI=1S/C11H5Cl2F3N2O/c12-6-1-2-9(8(13)3-6)18-10(11(14,15)16)4-7(5-19)17-18/h1-5H. The van der Waals surface area contributed by atoms with Crippen LogP contribution in [0.4, 0.5) is 13.2 Å². The monoisotopic (exact) mass is 308 g/mol. The summed E-state index contributed by atoms with van der Waals surface area (Å²) in [5.41, 5.74) is -1.43. The zero-order valence-electron chi connectivity index (χ0n) is 9.08.